The monoisotopic (exact) mass is 382 g/mol. The molecule has 0 aliphatic carbocycles. The number of carbonyl (C=O) groups excluding carboxylic acids is 2. The number of rotatable bonds is 4. The third kappa shape index (κ3) is 5.22. The fourth-order valence-corrected chi connectivity index (χ4v) is 3.26. The second-order valence-corrected chi connectivity index (χ2v) is 7.32. The van der Waals surface area contributed by atoms with Crippen LogP contribution in [-0.2, 0) is 19.5 Å². The van der Waals surface area contributed by atoms with E-state index < -0.39 is 34.4 Å². The Morgan fingerprint density at radius 3 is 2.61 bits per heavy atom. The number of nitrogens with zero attached hydrogens (tertiary/aromatic N) is 2. The van der Waals surface area contributed by atoms with Crippen LogP contribution in [0.25, 0.3) is 0 Å². The van der Waals surface area contributed by atoms with Crippen LogP contribution >= 0.6 is 17.2 Å². The Labute approximate surface area is 138 Å². The van der Waals surface area contributed by atoms with Crippen LogP contribution in [0.5, 0.6) is 0 Å². The predicted molar refractivity (Wildman–Crippen MR) is 88.1 cm³/mol. The number of nitrogens with two attached hydrogens (primary N) is 1. The Bertz CT molecular complexity index is 636. The quantitative estimate of drug-likeness (QED) is 0.321. The summed E-state index contributed by atoms with van der Waals surface area (Å²) in [6.07, 6.45) is 3.49. The molecule has 2 aliphatic heterocycles. The fraction of sp³-hybridized carbons (Fsp3) is 0.455. The molecule has 2 aliphatic rings. The highest BCUT2D eigenvalue weighted by atomic mass is 32.3. The minimum atomic E-state index is -5.06. The lowest BCUT2D eigenvalue weighted by atomic mass is 10.0. The van der Waals surface area contributed by atoms with E-state index in [1.807, 2.05) is 13.0 Å². The van der Waals surface area contributed by atoms with Crippen LogP contribution in [-0.4, -0.2) is 53.5 Å². The number of urea groups is 1. The van der Waals surface area contributed by atoms with E-state index in [0.29, 0.717) is 10.6 Å². The van der Waals surface area contributed by atoms with E-state index >= 15 is 0 Å². The van der Waals surface area contributed by atoms with E-state index in [-0.39, 0.29) is 6.54 Å². The number of hydrogen-bond acceptors (Lipinski definition) is 6. The average molecular weight is 382 g/mol. The molecular weight excluding hydrogens is 364 g/mol. The topological polar surface area (TPSA) is 133 Å². The summed E-state index contributed by atoms with van der Waals surface area (Å²) < 4.78 is 35.7. The minimum absolute atomic E-state index is 0.0459. The largest absolute Gasteiger partial charge is 0.724 e. The molecule has 2 unspecified atom stereocenters. The Morgan fingerprint density at radius 2 is 2.22 bits per heavy atom. The van der Waals surface area contributed by atoms with Crippen molar-refractivity contribution in [3.8, 4) is 0 Å². The van der Waals surface area contributed by atoms with Gasteiger partial charge < -0.3 is 15.2 Å². The molecule has 0 aromatic rings. The molecule has 2 rings (SSSR count). The molecule has 0 spiro atoms. The van der Waals surface area contributed by atoms with Crippen molar-refractivity contribution in [1.29, 1.82) is 0 Å². The van der Waals surface area contributed by atoms with Crippen LogP contribution < -0.4 is 5.73 Å². The third-order valence-electron chi connectivity index (χ3n) is 3.10. The van der Waals surface area contributed by atoms with Crippen molar-refractivity contribution in [1.82, 2.24) is 9.96 Å². The van der Waals surface area contributed by atoms with Gasteiger partial charge in [0.25, 0.3) is 0 Å². The maximum absolute atomic E-state index is 11.8. The van der Waals surface area contributed by atoms with Gasteiger partial charge in [0.15, 0.2) is 0 Å². The molecule has 12 heteroatoms. The first-order valence-electron chi connectivity index (χ1n) is 6.42. The Kier molecular flexibility index (Phi) is 7.10. The average Bonchev–Trinajstić information content (AvgIpc) is 2.69. The van der Waals surface area contributed by atoms with Crippen LogP contribution in [0.4, 0.5) is 4.79 Å². The lowest BCUT2D eigenvalue weighted by Gasteiger charge is -2.26. The van der Waals surface area contributed by atoms with Gasteiger partial charge in [-0.25, -0.2) is 13.2 Å². The number of carbonyl (C=O) groups is 2. The lowest BCUT2D eigenvalue weighted by Crippen LogP contribution is -2.46. The number of hydrogen-bond donors (Lipinski definition) is 1. The molecule has 4 atom stereocenters. The highest BCUT2D eigenvalue weighted by molar-refractivity contribution is 8.04. The molecule has 0 aromatic heterocycles. The molecule has 0 aromatic carbocycles. The van der Waals surface area contributed by atoms with E-state index in [9.17, 15) is 22.6 Å². The van der Waals surface area contributed by atoms with Crippen LogP contribution in [0, 0.1) is 0 Å². The van der Waals surface area contributed by atoms with Crippen molar-refractivity contribution in [2.45, 2.75) is 25.9 Å². The first kappa shape index (κ1) is 20.0. The van der Waals surface area contributed by atoms with Gasteiger partial charge in [0.05, 0.1) is 6.54 Å². The van der Waals surface area contributed by atoms with Gasteiger partial charge in [-0.05, 0) is 19.4 Å². The maximum atomic E-state index is 11.8. The third-order valence-corrected chi connectivity index (χ3v) is 4.54. The molecule has 2 heterocycles. The summed E-state index contributed by atoms with van der Waals surface area (Å²) in [5.74, 6) is 1.37. The fourth-order valence-electron chi connectivity index (χ4n) is 2.12. The molecule has 2 bridgehead atoms. The van der Waals surface area contributed by atoms with E-state index in [2.05, 4.69) is 19.0 Å². The standard InChI is InChI=1S/C8H11N3O6S.C3H8P2/c1-4-2-5(7(9)12)10-3-6(4)11(8(10)13)17-18(14,15)16;1-2-3-5-4/h2,5-6H,3H2,1H3,(H2,9,12)(H,14,15,16);2-3,5H,4H2,1H3/p-1/b;3-2+/t5-,6-;/m0./s1. The molecule has 1 fully saturated rings. The second kappa shape index (κ2) is 8.17. The Hall–Kier alpha value is -1.05. The lowest BCUT2D eigenvalue weighted by molar-refractivity contribution is -0.120. The van der Waals surface area contributed by atoms with Gasteiger partial charge in [-0.2, -0.15) is 9.35 Å². The van der Waals surface area contributed by atoms with Gasteiger partial charge >= 0.3 is 6.03 Å². The molecule has 130 valence electrons. The summed E-state index contributed by atoms with van der Waals surface area (Å²) in [6, 6.07) is -2.55. The van der Waals surface area contributed by atoms with Gasteiger partial charge in [-0.3, -0.25) is 4.79 Å². The summed E-state index contributed by atoms with van der Waals surface area (Å²) in [5.41, 5.74) is 5.66. The molecule has 2 N–H and O–H groups in total. The van der Waals surface area contributed by atoms with Crippen molar-refractivity contribution >= 4 is 39.5 Å². The molecular formula is C11H18N3O6P2S-. The van der Waals surface area contributed by atoms with Crippen molar-refractivity contribution in [3.63, 3.8) is 0 Å². The van der Waals surface area contributed by atoms with Gasteiger partial charge in [0.2, 0.25) is 16.3 Å². The van der Waals surface area contributed by atoms with E-state index in [4.69, 9.17) is 5.73 Å². The van der Waals surface area contributed by atoms with Crippen LogP contribution in [0.2, 0.25) is 0 Å². The van der Waals surface area contributed by atoms with E-state index in [1.165, 1.54) is 6.08 Å². The number of fused-ring (bicyclic) bond motifs is 2. The summed E-state index contributed by atoms with van der Waals surface area (Å²) >= 11 is 0. The highest BCUT2D eigenvalue weighted by Gasteiger charge is 2.47. The zero-order chi connectivity index (χ0) is 17.8. The number of hydroxylamine groups is 2. The van der Waals surface area contributed by atoms with Crippen molar-refractivity contribution in [2.24, 2.45) is 5.73 Å². The van der Waals surface area contributed by atoms with Gasteiger partial charge in [-0.15, -0.1) is 8.93 Å². The zero-order valence-corrected chi connectivity index (χ0v) is 15.5. The van der Waals surface area contributed by atoms with Crippen molar-refractivity contribution in [3.05, 3.63) is 23.5 Å². The normalized spacial score (nSPS) is 24.2. The molecule has 0 radical (unpaired) electrons. The minimum Gasteiger partial charge on any atom is -0.724 e. The molecule has 9 nitrogen and oxygen atoms in total. The first-order chi connectivity index (χ1) is 10.6. The van der Waals surface area contributed by atoms with Crippen molar-refractivity contribution < 1.29 is 26.8 Å². The summed E-state index contributed by atoms with van der Waals surface area (Å²) in [7, 11) is -1.52. The maximum Gasteiger partial charge on any atom is 0.346 e. The van der Waals surface area contributed by atoms with E-state index in [1.54, 1.807) is 6.92 Å². The highest BCUT2D eigenvalue weighted by Crippen LogP contribution is 2.30. The first-order valence-corrected chi connectivity index (χ1v) is 10.6. The summed E-state index contributed by atoms with van der Waals surface area (Å²) in [4.78, 5) is 24.0. The zero-order valence-electron chi connectivity index (χ0n) is 12.5. The summed E-state index contributed by atoms with van der Waals surface area (Å²) in [6.45, 7) is 3.66. The van der Waals surface area contributed by atoms with Gasteiger partial charge in [0.1, 0.15) is 12.1 Å². The van der Waals surface area contributed by atoms with Crippen LogP contribution in [0.1, 0.15) is 13.8 Å². The predicted octanol–water partition coefficient (Wildman–Crippen LogP) is 0.287. The summed E-state index contributed by atoms with van der Waals surface area (Å²) in [5, 5.41) is 0.455. The Balaban J connectivity index is 0.000000463. The second-order valence-electron chi connectivity index (χ2n) is 4.68. The SMILES string of the molecule is C/C=C/PP.CC1=C[C@@H](C(N)=O)N2C[C@@H]1N(OS(=O)(=O)[O-])C2=O. The number of primary amides is 1. The molecule has 0 saturated carbocycles. The van der Waals surface area contributed by atoms with Gasteiger partial charge in [0, 0.05) is 0 Å². The van der Waals surface area contributed by atoms with Crippen LogP contribution in [0.15, 0.2) is 23.5 Å². The number of amides is 3. The molecule has 3 amide bonds. The van der Waals surface area contributed by atoms with Crippen LogP contribution in [0.3, 0.4) is 0 Å². The molecule has 23 heavy (non-hydrogen) atoms. The van der Waals surface area contributed by atoms with Gasteiger partial charge in [-0.1, -0.05) is 26.2 Å². The number of allylic oxidation sites excluding steroid dienone is 1. The smallest absolute Gasteiger partial charge is 0.346 e. The molecule has 1 saturated heterocycles. The van der Waals surface area contributed by atoms with E-state index in [0.717, 1.165) is 13.2 Å². The van der Waals surface area contributed by atoms with Crippen molar-refractivity contribution in [2.75, 3.05) is 6.54 Å². The Morgan fingerprint density at radius 1 is 1.61 bits per heavy atom.